The van der Waals surface area contributed by atoms with Crippen LogP contribution in [0.15, 0.2) is 36.4 Å². The van der Waals surface area contributed by atoms with Crippen molar-refractivity contribution < 1.29 is 28.8 Å². The highest BCUT2D eigenvalue weighted by atomic mass is 16.5. The number of hydrogen-bond acceptors (Lipinski definition) is 6. The molecule has 0 bridgehead atoms. The molecule has 148 valence electrons. The molecule has 0 atom stereocenters. The van der Waals surface area contributed by atoms with Crippen LogP contribution in [0.1, 0.15) is 11.1 Å². The van der Waals surface area contributed by atoms with Crippen LogP contribution in [0.3, 0.4) is 0 Å². The Labute approximate surface area is 159 Å². The molecule has 3 N–H and O–H groups in total. The Morgan fingerprint density at radius 3 is 1.67 bits per heavy atom. The van der Waals surface area contributed by atoms with Gasteiger partial charge in [-0.15, -0.1) is 0 Å². The number of rotatable bonds is 8. The average Bonchev–Trinajstić information content (AvgIpc) is 2.68. The molecule has 0 aliphatic carbocycles. The number of hydrogen-bond donors (Lipinski definition) is 2. The minimum absolute atomic E-state index is 0.0135. The summed E-state index contributed by atoms with van der Waals surface area (Å²) in [5.41, 5.74) is 7.31. The molecule has 2 aromatic rings. The zero-order valence-electron chi connectivity index (χ0n) is 16.2. The van der Waals surface area contributed by atoms with Gasteiger partial charge in [-0.3, -0.25) is 4.79 Å². The predicted octanol–water partition coefficient (Wildman–Crippen LogP) is 2.54. The van der Waals surface area contributed by atoms with Crippen LogP contribution in [0, 0.1) is 0 Å². The van der Waals surface area contributed by atoms with Crippen molar-refractivity contribution in [2.75, 3.05) is 35.0 Å². The van der Waals surface area contributed by atoms with Crippen molar-refractivity contribution in [3.05, 3.63) is 47.5 Å². The lowest BCUT2D eigenvalue weighted by Gasteiger charge is -2.08. The molecule has 0 unspecified atom stereocenters. The predicted molar refractivity (Wildman–Crippen MR) is 103 cm³/mol. The Balaban J connectivity index is 0.000000271. The van der Waals surface area contributed by atoms with Crippen LogP contribution >= 0.6 is 0 Å². The summed E-state index contributed by atoms with van der Waals surface area (Å²) in [4.78, 5) is 10.5. The van der Waals surface area contributed by atoms with Crippen LogP contribution in [-0.2, 0) is 17.6 Å². The Bertz CT molecular complexity index is 732. The van der Waals surface area contributed by atoms with E-state index in [1.165, 1.54) is 19.8 Å². The molecule has 2 rings (SSSR count). The number of benzene rings is 2. The third kappa shape index (κ3) is 7.07. The first-order valence-corrected chi connectivity index (χ1v) is 8.32. The fourth-order valence-electron chi connectivity index (χ4n) is 2.37. The van der Waals surface area contributed by atoms with Gasteiger partial charge in [0.25, 0.3) is 0 Å². The second-order valence-electron chi connectivity index (χ2n) is 5.49. The van der Waals surface area contributed by atoms with Gasteiger partial charge in [0, 0.05) is 0 Å². The summed E-state index contributed by atoms with van der Waals surface area (Å²) in [5, 5.41) is 8.58. The first kappa shape index (κ1) is 22.1. The SMILES string of the molecule is COc1ccc(CC(=O)O)cc1OC.COc1ccc(CCN)cc1OC. The molecule has 0 aliphatic rings. The third-order valence-electron chi connectivity index (χ3n) is 3.68. The molecule has 0 heterocycles. The Morgan fingerprint density at radius 1 is 0.815 bits per heavy atom. The van der Waals surface area contributed by atoms with E-state index in [-0.39, 0.29) is 6.42 Å². The van der Waals surface area contributed by atoms with Crippen molar-refractivity contribution in [2.24, 2.45) is 5.73 Å². The third-order valence-corrected chi connectivity index (χ3v) is 3.68. The summed E-state index contributed by atoms with van der Waals surface area (Å²) in [6.45, 7) is 0.648. The Hall–Kier alpha value is -2.93. The molecule has 0 saturated carbocycles. The number of nitrogens with two attached hydrogens (primary N) is 1. The number of ether oxygens (including phenoxy) is 4. The number of methoxy groups -OCH3 is 4. The van der Waals surface area contributed by atoms with Gasteiger partial charge < -0.3 is 29.8 Å². The summed E-state index contributed by atoms with van der Waals surface area (Å²) in [5.74, 6) is 1.79. The Morgan fingerprint density at radius 2 is 1.26 bits per heavy atom. The second kappa shape index (κ2) is 11.6. The fraction of sp³-hybridized carbons (Fsp3) is 0.350. The van der Waals surface area contributed by atoms with Crippen molar-refractivity contribution in [2.45, 2.75) is 12.8 Å². The van der Waals surface area contributed by atoms with E-state index in [2.05, 4.69) is 0 Å². The first-order valence-electron chi connectivity index (χ1n) is 8.32. The maximum Gasteiger partial charge on any atom is 0.307 e. The smallest absolute Gasteiger partial charge is 0.307 e. The van der Waals surface area contributed by atoms with E-state index in [1.807, 2.05) is 18.2 Å². The Kier molecular flexibility index (Phi) is 9.53. The zero-order valence-corrected chi connectivity index (χ0v) is 16.2. The molecular formula is C20H27NO6. The lowest BCUT2D eigenvalue weighted by Crippen LogP contribution is -2.03. The summed E-state index contributed by atoms with van der Waals surface area (Å²) in [6.07, 6.45) is 0.848. The van der Waals surface area contributed by atoms with E-state index in [0.717, 1.165) is 17.9 Å². The van der Waals surface area contributed by atoms with Gasteiger partial charge in [0.1, 0.15) is 0 Å². The summed E-state index contributed by atoms with van der Waals surface area (Å²) < 4.78 is 20.3. The van der Waals surface area contributed by atoms with Crippen LogP contribution < -0.4 is 24.7 Å². The number of carboxylic acid groups (broad SMARTS) is 1. The number of carbonyl (C=O) groups is 1. The monoisotopic (exact) mass is 377 g/mol. The van der Waals surface area contributed by atoms with Gasteiger partial charge in [-0.05, 0) is 48.4 Å². The first-order chi connectivity index (χ1) is 13.0. The normalized spacial score (nSPS) is 9.67. The molecule has 0 spiro atoms. The van der Waals surface area contributed by atoms with E-state index in [9.17, 15) is 4.79 Å². The van der Waals surface area contributed by atoms with Gasteiger partial charge in [-0.1, -0.05) is 12.1 Å². The minimum atomic E-state index is -0.864. The van der Waals surface area contributed by atoms with Gasteiger partial charge in [-0.2, -0.15) is 0 Å². The molecule has 2 aromatic carbocycles. The maximum atomic E-state index is 10.5. The van der Waals surface area contributed by atoms with Crippen molar-refractivity contribution in [1.82, 2.24) is 0 Å². The van der Waals surface area contributed by atoms with Gasteiger partial charge in [0.15, 0.2) is 23.0 Å². The minimum Gasteiger partial charge on any atom is -0.493 e. The van der Waals surface area contributed by atoms with Crippen molar-refractivity contribution in [1.29, 1.82) is 0 Å². The van der Waals surface area contributed by atoms with Crippen LogP contribution in [0.4, 0.5) is 0 Å². The van der Waals surface area contributed by atoms with Crippen LogP contribution in [0.2, 0.25) is 0 Å². The largest absolute Gasteiger partial charge is 0.493 e. The van der Waals surface area contributed by atoms with Gasteiger partial charge in [0.05, 0.1) is 34.9 Å². The highest BCUT2D eigenvalue weighted by molar-refractivity contribution is 5.70. The molecule has 27 heavy (non-hydrogen) atoms. The van der Waals surface area contributed by atoms with Crippen molar-refractivity contribution >= 4 is 5.97 Å². The maximum absolute atomic E-state index is 10.5. The van der Waals surface area contributed by atoms with Gasteiger partial charge in [-0.25, -0.2) is 0 Å². The van der Waals surface area contributed by atoms with E-state index in [4.69, 9.17) is 29.8 Å². The zero-order chi connectivity index (χ0) is 20.2. The second-order valence-corrected chi connectivity index (χ2v) is 5.49. The highest BCUT2D eigenvalue weighted by Gasteiger charge is 2.06. The standard InChI is InChI=1S/C10H15NO2.C10H12O4/c1-12-9-4-3-8(5-6-11)7-10(9)13-2;1-13-8-4-3-7(6-10(11)12)5-9(8)14-2/h3-4,7H,5-6,11H2,1-2H3;3-5H,6H2,1-2H3,(H,11,12). The van der Waals surface area contributed by atoms with Crippen molar-refractivity contribution in [3.8, 4) is 23.0 Å². The van der Waals surface area contributed by atoms with Crippen LogP contribution in [0.5, 0.6) is 23.0 Å². The molecule has 0 aromatic heterocycles. The quantitative estimate of drug-likeness (QED) is 0.729. The van der Waals surface area contributed by atoms with E-state index in [1.54, 1.807) is 32.4 Å². The molecule has 0 saturated heterocycles. The van der Waals surface area contributed by atoms with Gasteiger partial charge in [0.2, 0.25) is 0 Å². The molecule has 0 fully saturated rings. The topological polar surface area (TPSA) is 100 Å². The average molecular weight is 377 g/mol. The van der Waals surface area contributed by atoms with Crippen LogP contribution in [0.25, 0.3) is 0 Å². The molecule has 0 aliphatic heterocycles. The summed E-state index contributed by atoms with van der Waals surface area (Å²) >= 11 is 0. The molecule has 7 heteroatoms. The lowest BCUT2D eigenvalue weighted by atomic mass is 10.1. The van der Waals surface area contributed by atoms with Crippen molar-refractivity contribution in [3.63, 3.8) is 0 Å². The van der Waals surface area contributed by atoms with E-state index in [0.29, 0.717) is 23.6 Å². The lowest BCUT2D eigenvalue weighted by molar-refractivity contribution is -0.136. The van der Waals surface area contributed by atoms with Gasteiger partial charge >= 0.3 is 5.97 Å². The molecule has 0 amide bonds. The van der Waals surface area contributed by atoms with E-state index < -0.39 is 5.97 Å². The van der Waals surface area contributed by atoms with Crippen LogP contribution in [-0.4, -0.2) is 46.1 Å². The highest BCUT2D eigenvalue weighted by Crippen LogP contribution is 2.28. The number of aliphatic carboxylic acids is 1. The number of carboxylic acids is 1. The molecular weight excluding hydrogens is 350 g/mol. The fourth-order valence-corrected chi connectivity index (χ4v) is 2.37. The van der Waals surface area contributed by atoms with E-state index >= 15 is 0 Å². The summed E-state index contributed by atoms with van der Waals surface area (Å²) in [7, 11) is 6.31. The molecule has 7 nitrogen and oxygen atoms in total. The molecule has 0 radical (unpaired) electrons. The summed E-state index contributed by atoms with van der Waals surface area (Å²) in [6, 6.07) is 10.9.